The quantitative estimate of drug-likeness (QED) is 0.561. The van der Waals surface area contributed by atoms with Gasteiger partial charge in [0, 0.05) is 48.8 Å². The smallest absolute Gasteiger partial charge is 0.319 e. The molecule has 1 fully saturated rings. The number of benzene rings is 1. The van der Waals surface area contributed by atoms with Gasteiger partial charge in [-0.3, -0.25) is 4.98 Å². The lowest BCUT2D eigenvalue weighted by atomic mass is 10.1. The van der Waals surface area contributed by atoms with Gasteiger partial charge >= 0.3 is 6.03 Å². The molecule has 0 aliphatic carbocycles. The van der Waals surface area contributed by atoms with Crippen molar-refractivity contribution in [1.82, 2.24) is 19.5 Å². The fraction of sp³-hybridized carbons (Fsp3) is 0.500. The van der Waals surface area contributed by atoms with E-state index in [1.165, 1.54) is 7.11 Å². The van der Waals surface area contributed by atoms with Gasteiger partial charge in [-0.25, -0.2) is 13.2 Å². The van der Waals surface area contributed by atoms with Gasteiger partial charge in [0.1, 0.15) is 5.75 Å². The number of nitrogens with zero attached hydrogens (tertiary/aromatic N) is 3. The van der Waals surface area contributed by atoms with Crippen molar-refractivity contribution in [2.24, 2.45) is 0 Å². The SMILES string of the molecule is CCN(C1CCN(CCNC(=O)Nc2cc(C)nc(C)c2)CC1)S(=O)(=O)c1cccc(OC)c1. The van der Waals surface area contributed by atoms with E-state index < -0.39 is 10.0 Å². The number of hydrogen-bond donors (Lipinski definition) is 2. The number of nitrogens with one attached hydrogen (secondary N) is 2. The molecule has 186 valence electrons. The molecule has 34 heavy (non-hydrogen) atoms. The molecule has 0 radical (unpaired) electrons. The van der Waals surface area contributed by atoms with Crippen LogP contribution in [-0.2, 0) is 10.0 Å². The lowest BCUT2D eigenvalue weighted by Gasteiger charge is -2.37. The maximum absolute atomic E-state index is 13.2. The van der Waals surface area contributed by atoms with Gasteiger partial charge in [0.2, 0.25) is 10.0 Å². The number of sulfonamides is 1. The van der Waals surface area contributed by atoms with E-state index in [4.69, 9.17) is 4.74 Å². The van der Waals surface area contributed by atoms with Gasteiger partial charge < -0.3 is 20.3 Å². The number of amides is 2. The Morgan fingerprint density at radius 3 is 2.47 bits per heavy atom. The number of aromatic nitrogens is 1. The number of rotatable bonds is 9. The number of aryl methyl sites for hydroxylation is 2. The second-order valence-electron chi connectivity index (χ2n) is 8.48. The molecule has 0 saturated carbocycles. The lowest BCUT2D eigenvalue weighted by molar-refractivity contribution is 0.162. The molecule has 1 aliphatic rings. The highest BCUT2D eigenvalue weighted by Crippen LogP contribution is 2.26. The zero-order chi connectivity index (χ0) is 24.7. The van der Waals surface area contributed by atoms with Crippen molar-refractivity contribution in [3.63, 3.8) is 0 Å². The topological polar surface area (TPSA) is 104 Å². The Morgan fingerprint density at radius 2 is 1.85 bits per heavy atom. The van der Waals surface area contributed by atoms with E-state index in [0.717, 1.165) is 43.0 Å². The van der Waals surface area contributed by atoms with Crippen LogP contribution in [0.25, 0.3) is 0 Å². The highest BCUT2D eigenvalue weighted by Gasteiger charge is 2.32. The van der Waals surface area contributed by atoms with Gasteiger partial charge in [-0.2, -0.15) is 4.31 Å². The van der Waals surface area contributed by atoms with Crippen LogP contribution in [0.4, 0.5) is 10.5 Å². The molecule has 9 nitrogen and oxygen atoms in total. The molecule has 1 aliphatic heterocycles. The first-order valence-electron chi connectivity index (χ1n) is 11.6. The summed E-state index contributed by atoms with van der Waals surface area (Å²) in [4.78, 5) is 19.0. The van der Waals surface area contributed by atoms with Gasteiger partial charge in [0.05, 0.1) is 12.0 Å². The number of hydrogen-bond acceptors (Lipinski definition) is 6. The minimum atomic E-state index is -3.60. The molecule has 3 rings (SSSR count). The monoisotopic (exact) mass is 489 g/mol. The minimum Gasteiger partial charge on any atom is -0.497 e. The zero-order valence-corrected chi connectivity index (χ0v) is 21.2. The largest absolute Gasteiger partial charge is 0.497 e. The van der Waals surface area contributed by atoms with Crippen LogP contribution >= 0.6 is 0 Å². The molecule has 1 saturated heterocycles. The Balaban J connectivity index is 1.47. The fourth-order valence-corrected chi connectivity index (χ4v) is 6.09. The highest BCUT2D eigenvalue weighted by molar-refractivity contribution is 7.89. The Morgan fingerprint density at radius 1 is 1.18 bits per heavy atom. The van der Waals surface area contributed by atoms with Crippen molar-refractivity contribution in [2.75, 3.05) is 45.2 Å². The molecule has 0 bridgehead atoms. The lowest BCUT2D eigenvalue weighted by Crippen LogP contribution is -2.48. The normalized spacial score (nSPS) is 15.3. The molecular weight excluding hydrogens is 454 g/mol. The molecule has 10 heteroatoms. The molecule has 1 aromatic heterocycles. The van der Waals surface area contributed by atoms with E-state index in [0.29, 0.717) is 25.4 Å². The summed E-state index contributed by atoms with van der Waals surface area (Å²) in [6.07, 6.45) is 1.50. The van der Waals surface area contributed by atoms with E-state index in [1.54, 1.807) is 28.6 Å². The Hall–Kier alpha value is -2.69. The van der Waals surface area contributed by atoms with Crippen LogP contribution in [0.3, 0.4) is 0 Å². The molecule has 2 aromatic rings. The Kier molecular flexibility index (Phi) is 8.87. The van der Waals surface area contributed by atoms with Gasteiger partial charge in [-0.1, -0.05) is 13.0 Å². The van der Waals surface area contributed by atoms with E-state index in [9.17, 15) is 13.2 Å². The van der Waals surface area contributed by atoms with E-state index >= 15 is 0 Å². The molecule has 2 heterocycles. The third-order valence-electron chi connectivity index (χ3n) is 5.98. The average Bonchev–Trinajstić information content (AvgIpc) is 2.79. The standard InChI is InChI=1S/C24H35N5O4S/c1-5-29(34(31,32)23-8-6-7-22(17-23)33-4)21-9-12-28(13-10-21)14-11-25-24(30)27-20-15-18(2)26-19(3)16-20/h6-8,15-17,21H,5,9-14H2,1-4H3,(H2,25,26,27,30). The van der Waals surface area contributed by atoms with Crippen molar-refractivity contribution in [1.29, 1.82) is 0 Å². The Bertz CT molecular complexity index is 1060. The first-order chi connectivity index (χ1) is 16.2. The fourth-order valence-electron chi connectivity index (χ4n) is 4.36. The number of carbonyl (C=O) groups is 1. The summed E-state index contributed by atoms with van der Waals surface area (Å²) < 4.78 is 33.3. The van der Waals surface area contributed by atoms with Crippen molar-refractivity contribution in [2.45, 2.75) is 44.6 Å². The van der Waals surface area contributed by atoms with Crippen LogP contribution in [-0.4, -0.2) is 74.5 Å². The maximum Gasteiger partial charge on any atom is 0.319 e. The molecule has 2 N–H and O–H groups in total. The number of ether oxygens (including phenoxy) is 1. The van der Waals surface area contributed by atoms with Gasteiger partial charge in [0.15, 0.2) is 0 Å². The van der Waals surface area contributed by atoms with Crippen molar-refractivity contribution in [3.05, 3.63) is 47.8 Å². The van der Waals surface area contributed by atoms with Crippen LogP contribution in [0.2, 0.25) is 0 Å². The number of anilines is 1. The summed E-state index contributed by atoms with van der Waals surface area (Å²) in [6.45, 7) is 8.85. The van der Waals surface area contributed by atoms with Crippen LogP contribution < -0.4 is 15.4 Å². The van der Waals surface area contributed by atoms with Crippen LogP contribution in [0.15, 0.2) is 41.3 Å². The van der Waals surface area contributed by atoms with Gasteiger partial charge in [-0.05, 0) is 64.0 Å². The summed E-state index contributed by atoms with van der Waals surface area (Å²) >= 11 is 0. The summed E-state index contributed by atoms with van der Waals surface area (Å²) in [6, 6.07) is 9.98. The first kappa shape index (κ1) is 25.9. The third kappa shape index (κ3) is 6.68. The third-order valence-corrected chi connectivity index (χ3v) is 8.00. The van der Waals surface area contributed by atoms with Gasteiger partial charge in [0.25, 0.3) is 0 Å². The summed E-state index contributed by atoms with van der Waals surface area (Å²) in [5.41, 5.74) is 2.43. The number of likely N-dealkylation sites (tertiary alicyclic amines) is 1. The van der Waals surface area contributed by atoms with Crippen molar-refractivity contribution in [3.8, 4) is 5.75 Å². The van der Waals surface area contributed by atoms with Crippen molar-refractivity contribution >= 4 is 21.7 Å². The predicted octanol–water partition coefficient (Wildman–Crippen LogP) is 3.00. The maximum atomic E-state index is 13.2. The number of pyridine rings is 1. The molecule has 2 amide bonds. The van der Waals surface area contributed by atoms with Crippen LogP contribution in [0.1, 0.15) is 31.2 Å². The first-order valence-corrected chi connectivity index (χ1v) is 13.1. The Labute approximate surface area is 202 Å². The van der Waals surface area contributed by atoms with Crippen molar-refractivity contribution < 1.29 is 17.9 Å². The van der Waals surface area contributed by atoms with Crippen LogP contribution in [0.5, 0.6) is 5.75 Å². The molecule has 0 atom stereocenters. The number of piperidine rings is 1. The predicted molar refractivity (Wildman–Crippen MR) is 133 cm³/mol. The van der Waals surface area contributed by atoms with Gasteiger partial charge in [-0.15, -0.1) is 0 Å². The summed E-state index contributed by atoms with van der Waals surface area (Å²) in [7, 11) is -2.07. The number of urea groups is 1. The second-order valence-corrected chi connectivity index (χ2v) is 10.4. The van der Waals surface area contributed by atoms with Crippen LogP contribution in [0, 0.1) is 13.8 Å². The number of methoxy groups -OCH3 is 1. The minimum absolute atomic E-state index is 0.0492. The highest BCUT2D eigenvalue weighted by atomic mass is 32.2. The molecule has 0 spiro atoms. The molecular formula is C24H35N5O4S. The summed E-state index contributed by atoms with van der Waals surface area (Å²) in [5.74, 6) is 0.526. The summed E-state index contributed by atoms with van der Waals surface area (Å²) in [5, 5.41) is 5.73. The second kappa shape index (κ2) is 11.6. The van der Waals surface area contributed by atoms with E-state index in [-0.39, 0.29) is 17.0 Å². The van der Waals surface area contributed by atoms with E-state index in [1.807, 2.05) is 32.9 Å². The van der Waals surface area contributed by atoms with E-state index in [2.05, 4.69) is 20.5 Å². The molecule has 0 unspecified atom stereocenters. The average molecular weight is 490 g/mol. The molecule has 1 aromatic carbocycles. The zero-order valence-electron chi connectivity index (χ0n) is 20.4. The number of carbonyl (C=O) groups excluding carboxylic acids is 1.